The average Bonchev–Trinajstić information content (AvgIpc) is 3.23. The number of aromatic nitrogens is 4. The number of rotatable bonds is 7. The summed E-state index contributed by atoms with van der Waals surface area (Å²) in [4.78, 5) is 18.2. The molecule has 0 bridgehead atoms. The van der Waals surface area contributed by atoms with Crippen molar-refractivity contribution in [2.24, 2.45) is 0 Å². The molecule has 4 rings (SSSR count). The van der Waals surface area contributed by atoms with Crippen LogP contribution in [0.25, 0.3) is 16.7 Å². The smallest absolute Gasteiger partial charge is 0.264 e. The minimum Gasteiger partial charge on any atom is -0.493 e. The second kappa shape index (κ2) is 8.63. The van der Waals surface area contributed by atoms with E-state index in [1.807, 2.05) is 62.4 Å². The predicted molar refractivity (Wildman–Crippen MR) is 120 cm³/mol. The topological polar surface area (TPSA) is 71.2 Å². The number of aryl methyl sites for hydroxylation is 1. The molecule has 0 saturated carbocycles. The molecular weight excluding hydrogens is 392 g/mol. The molecule has 4 aromatic rings. The first-order valence-electron chi connectivity index (χ1n) is 10.3. The zero-order valence-electron chi connectivity index (χ0n) is 18.2. The third-order valence-corrected chi connectivity index (χ3v) is 5.31. The van der Waals surface area contributed by atoms with Gasteiger partial charge in [-0.1, -0.05) is 38.1 Å². The number of hydrogen-bond donors (Lipinski definition) is 0. The summed E-state index contributed by atoms with van der Waals surface area (Å²) in [6.45, 7) is 4.61. The summed E-state index contributed by atoms with van der Waals surface area (Å²) in [5.41, 5.74) is 2.44. The maximum absolute atomic E-state index is 13.4. The first-order chi connectivity index (χ1) is 15.0. The Hall–Kier alpha value is -3.61. The first kappa shape index (κ1) is 20.7. The van der Waals surface area contributed by atoms with E-state index in [-0.39, 0.29) is 11.5 Å². The van der Waals surface area contributed by atoms with Crippen LogP contribution < -0.4 is 15.0 Å². The van der Waals surface area contributed by atoms with Crippen molar-refractivity contribution in [2.45, 2.75) is 32.7 Å². The van der Waals surface area contributed by atoms with Crippen LogP contribution >= 0.6 is 0 Å². The fourth-order valence-corrected chi connectivity index (χ4v) is 3.71. The number of hydrogen-bond acceptors (Lipinski definition) is 5. The minimum absolute atomic E-state index is 0.0728. The number of nitrogens with zero attached hydrogens (tertiary/aromatic N) is 4. The van der Waals surface area contributed by atoms with Gasteiger partial charge in [-0.25, -0.2) is 9.67 Å². The van der Waals surface area contributed by atoms with E-state index in [1.54, 1.807) is 29.7 Å². The highest BCUT2D eigenvalue weighted by atomic mass is 16.5. The van der Waals surface area contributed by atoms with E-state index in [2.05, 4.69) is 5.10 Å². The second-order valence-corrected chi connectivity index (χ2v) is 7.65. The SMILES string of the molecule is COc1ccc(CCn2c(C(C)C)nc3c(cnn3-c3ccccc3)c2=O)cc1OC. The molecular formula is C24H26N4O3. The zero-order chi connectivity index (χ0) is 22.0. The Balaban J connectivity index is 1.73. The van der Waals surface area contributed by atoms with Crippen LogP contribution in [-0.4, -0.2) is 33.6 Å². The van der Waals surface area contributed by atoms with Gasteiger partial charge in [0.2, 0.25) is 0 Å². The van der Waals surface area contributed by atoms with Gasteiger partial charge in [-0.15, -0.1) is 0 Å². The first-order valence-corrected chi connectivity index (χ1v) is 10.3. The molecule has 0 saturated heterocycles. The molecule has 2 heterocycles. The standard InChI is InChI=1S/C24H26N4O3/c1-16(2)22-26-23-19(15-25-28(23)18-8-6-5-7-9-18)24(29)27(22)13-12-17-10-11-20(30-3)21(14-17)31-4/h5-11,14-16H,12-13H2,1-4H3. The molecule has 2 aromatic carbocycles. The van der Waals surface area contributed by atoms with Gasteiger partial charge in [0.05, 0.1) is 26.1 Å². The number of methoxy groups -OCH3 is 2. The fourth-order valence-electron chi connectivity index (χ4n) is 3.71. The van der Waals surface area contributed by atoms with Gasteiger partial charge in [0.25, 0.3) is 5.56 Å². The van der Waals surface area contributed by atoms with Crippen molar-refractivity contribution in [3.8, 4) is 17.2 Å². The molecule has 0 atom stereocenters. The molecule has 7 heteroatoms. The molecule has 0 radical (unpaired) electrons. The Morgan fingerprint density at radius 3 is 2.42 bits per heavy atom. The summed E-state index contributed by atoms with van der Waals surface area (Å²) in [5.74, 6) is 2.19. The van der Waals surface area contributed by atoms with Crippen LogP contribution in [0.2, 0.25) is 0 Å². The Morgan fingerprint density at radius 1 is 1.00 bits per heavy atom. The molecule has 2 aromatic heterocycles. The van der Waals surface area contributed by atoms with E-state index < -0.39 is 0 Å². The summed E-state index contributed by atoms with van der Waals surface area (Å²) in [7, 11) is 3.23. The van der Waals surface area contributed by atoms with E-state index in [4.69, 9.17) is 14.5 Å². The van der Waals surface area contributed by atoms with Gasteiger partial charge in [0.1, 0.15) is 11.2 Å². The lowest BCUT2D eigenvalue weighted by molar-refractivity contribution is 0.354. The molecule has 0 fully saturated rings. The Bertz CT molecular complexity index is 1260. The third-order valence-electron chi connectivity index (χ3n) is 5.31. The third kappa shape index (κ3) is 3.91. The van der Waals surface area contributed by atoms with Gasteiger partial charge in [-0.3, -0.25) is 9.36 Å². The summed E-state index contributed by atoms with van der Waals surface area (Å²) in [6.07, 6.45) is 2.27. The molecule has 0 spiro atoms. The average molecular weight is 418 g/mol. The summed E-state index contributed by atoms with van der Waals surface area (Å²) in [5, 5.41) is 4.95. The van der Waals surface area contributed by atoms with Gasteiger partial charge in [0.15, 0.2) is 17.1 Å². The van der Waals surface area contributed by atoms with Gasteiger partial charge >= 0.3 is 0 Å². The molecule has 0 aliphatic heterocycles. The molecule has 0 aliphatic carbocycles. The number of ether oxygens (including phenoxy) is 2. The van der Waals surface area contributed by atoms with Crippen molar-refractivity contribution in [3.05, 3.63) is 76.5 Å². The Morgan fingerprint density at radius 2 is 1.74 bits per heavy atom. The van der Waals surface area contributed by atoms with E-state index in [0.29, 0.717) is 35.5 Å². The van der Waals surface area contributed by atoms with Crippen molar-refractivity contribution < 1.29 is 9.47 Å². The molecule has 0 N–H and O–H groups in total. The van der Waals surface area contributed by atoms with Crippen molar-refractivity contribution in [2.75, 3.05) is 14.2 Å². The Labute approximate surface area is 180 Å². The van der Waals surface area contributed by atoms with Crippen LogP contribution in [0.5, 0.6) is 11.5 Å². The lowest BCUT2D eigenvalue weighted by Crippen LogP contribution is -2.27. The second-order valence-electron chi connectivity index (χ2n) is 7.65. The lowest BCUT2D eigenvalue weighted by Gasteiger charge is -2.16. The molecule has 160 valence electrons. The maximum atomic E-state index is 13.4. The quantitative estimate of drug-likeness (QED) is 0.454. The van der Waals surface area contributed by atoms with Gasteiger partial charge < -0.3 is 9.47 Å². The largest absolute Gasteiger partial charge is 0.493 e. The fraction of sp³-hybridized carbons (Fsp3) is 0.292. The number of fused-ring (bicyclic) bond motifs is 1. The Kier molecular flexibility index (Phi) is 5.75. The summed E-state index contributed by atoms with van der Waals surface area (Å²) >= 11 is 0. The van der Waals surface area contributed by atoms with Crippen molar-refractivity contribution >= 4 is 11.0 Å². The normalized spacial score (nSPS) is 11.3. The van der Waals surface area contributed by atoms with Gasteiger partial charge in [-0.2, -0.15) is 5.10 Å². The van der Waals surface area contributed by atoms with E-state index in [9.17, 15) is 4.79 Å². The van der Waals surface area contributed by atoms with Crippen LogP contribution in [0.3, 0.4) is 0 Å². The highest BCUT2D eigenvalue weighted by molar-refractivity contribution is 5.75. The summed E-state index contributed by atoms with van der Waals surface area (Å²) in [6, 6.07) is 15.5. The molecule has 0 aliphatic rings. The van der Waals surface area contributed by atoms with Crippen molar-refractivity contribution in [1.29, 1.82) is 0 Å². The number of para-hydroxylation sites is 1. The van der Waals surface area contributed by atoms with Crippen LogP contribution in [-0.2, 0) is 13.0 Å². The minimum atomic E-state index is -0.0728. The van der Waals surface area contributed by atoms with Crippen LogP contribution in [0.4, 0.5) is 0 Å². The molecule has 0 amide bonds. The van der Waals surface area contributed by atoms with Crippen LogP contribution in [0.1, 0.15) is 31.2 Å². The highest BCUT2D eigenvalue weighted by Gasteiger charge is 2.18. The molecule has 0 unspecified atom stereocenters. The highest BCUT2D eigenvalue weighted by Crippen LogP contribution is 2.28. The molecule has 7 nitrogen and oxygen atoms in total. The monoisotopic (exact) mass is 418 g/mol. The van der Waals surface area contributed by atoms with Crippen molar-refractivity contribution in [3.63, 3.8) is 0 Å². The van der Waals surface area contributed by atoms with Gasteiger partial charge in [-0.05, 0) is 36.2 Å². The van der Waals surface area contributed by atoms with E-state index >= 15 is 0 Å². The zero-order valence-corrected chi connectivity index (χ0v) is 18.2. The predicted octanol–water partition coefficient (Wildman–Crippen LogP) is 3.97. The van der Waals surface area contributed by atoms with Gasteiger partial charge in [0, 0.05) is 12.5 Å². The van der Waals surface area contributed by atoms with Crippen LogP contribution in [0.15, 0.2) is 59.5 Å². The van der Waals surface area contributed by atoms with E-state index in [0.717, 1.165) is 17.1 Å². The van der Waals surface area contributed by atoms with E-state index in [1.165, 1.54) is 0 Å². The summed E-state index contributed by atoms with van der Waals surface area (Å²) < 4.78 is 14.2. The lowest BCUT2D eigenvalue weighted by atomic mass is 10.1. The number of benzene rings is 2. The maximum Gasteiger partial charge on any atom is 0.264 e. The van der Waals surface area contributed by atoms with Crippen molar-refractivity contribution in [1.82, 2.24) is 19.3 Å². The molecule has 31 heavy (non-hydrogen) atoms. The van der Waals surface area contributed by atoms with Crippen LogP contribution in [0, 0.1) is 0 Å².